The molecule has 1 nitrogen and oxygen atoms in total. The van der Waals surface area contributed by atoms with E-state index in [-0.39, 0.29) is 11.9 Å². The van der Waals surface area contributed by atoms with Crippen molar-refractivity contribution in [3.05, 3.63) is 70.5 Å². The van der Waals surface area contributed by atoms with Gasteiger partial charge in [-0.05, 0) is 56.0 Å². The molecular formula is C18H21ClFN. The molecule has 0 saturated heterocycles. The second kappa shape index (κ2) is 7.58. The first-order valence-corrected chi connectivity index (χ1v) is 7.66. The highest BCUT2D eigenvalue weighted by Gasteiger charge is 2.10. The summed E-state index contributed by atoms with van der Waals surface area (Å²) in [5.41, 5.74) is 2.16. The van der Waals surface area contributed by atoms with Gasteiger partial charge < -0.3 is 5.32 Å². The molecule has 21 heavy (non-hydrogen) atoms. The second-order valence-corrected chi connectivity index (χ2v) is 6.01. The predicted molar refractivity (Wildman–Crippen MR) is 87.3 cm³/mol. The monoisotopic (exact) mass is 305 g/mol. The van der Waals surface area contributed by atoms with Gasteiger partial charge in [0.05, 0.1) is 0 Å². The van der Waals surface area contributed by atoms with Crippen molar-refractivity contribution >= 4 is 11.6 Å². The molecule has 0 spiro atoms. The summed E-state index contributed by atoms with van der Waals surface area (Å²) in [7, 11) is 0. The topological polar surface area (TPSA) is 12.0 Å². The molecular weight excluding hydrogens is 285 g/mol. The summed E-state index contributed by atoms with van der Waals surface area (Å²) in [5.74, 6) is -0.177. The minimum absolute atomic E-state index is 0.177. The van der Waals surface area contributed by atoms with Gasteiger partial charge >= 0.3 is 0 Å². The number of halogens is 2. The molecule has 0 amide bonds. The van der Waals surface area contributed by atoms with E-state index in [4.69, 9.17) is 11.6 Å². The van der Waals surface area contributed by atoms with Gasteiger partial charge in [0.1, 0.15) is 5.82 Å². The lowest BCUT2D eigenvalue weighted by molar-refractivity contribution is 0.462. The highest BCUT2D eigenvalue weighted by atomic mass is 35.5. The summed E-state index contributed by atoms with van der Waals surface area (Å²) in [6.07, 6.45) is 1.69. The second-order valence-electron chi connectivity index (χ2n) is 5.60. The number of hydrogen-bond acceptors (Lipinski definition) is 1. The van der Waals surface area contributed by atoms with Crippen LogP contribution in [0.15, 0.2) is 48.5 Å². The minimum Gasteiger partial charge on any atom is -0.311 e. The van der Waals surface area contributed by atoms with Crippen LogP contribution in [0.2, 0.25) is 5.02 Å². The van der Waals surface area contributed by atoms with Crippen molar-refractivity contribution in [1.82, 2.24) is 5.32 Å². The summed E-state index contributed by atoms with van der Waals surface area (Å²) in [5, 5.41) is 4.35. The van der Waals surface area contributed by atoms with Crippen LogP contribution in [0.1, 0.15) is 25.0 Å². The first kappa shape index (κ1) is 16.0. The summed E-state index contributed by atoms with van der Waals surface area (Å²) in [4.78, 5) is 0. The van der Waals surface area contributed by atoms with Crippen molar-refractivity contribution in [2.75, 3.05) is 0 Å². The third kappa shape index (κ3) is 5.14. The fourth-order valence-corrected chi connectivity index (χ4v) is 2.83. The third-order valence-electron chi connectivity index (χ3n) is 3.48. The van der Waals surface area contributed by atoms with Crippen molar-refractivity contribution in [1.29, 1.82) is 0 Å². The molecule has 2 aromatic rings. The SMILES string of the molecule is CC(Cc1cccc(F)c1)NC(C)Cc1ccccc1Cl. The summed E-state index contributed by atoms with van der Waals surface area (Å²) < 4.78 is 13.2. The highest BCUT2D eigenvalue weighted by Crippen LogP contribution is 2.17. The Morgan fingerprint density at radius 1 is 1.00 bits per heavy atom. The van der Waals surface area contributed by atoms with Crippen molar-refractivity contribution in [2.24, 2.45) is 0 Å². The van der Waals surface area contributed by atoms with E-state index < -0.39 is 0 Å². The van der Waals surface area contributed by atoms with Gasteiger partial charge in [0.25, 0.3) is 0 Å². The van der Waals surface area contributed by atoms with Crippen LogP contribution in [0.5, 0.6) is 0 Å². The van der Waals surface area contributed by atoms with Gasteiger partial charge in [-0.3, -0.25) is 0 Å². The Balaban J connectivity index is 1.87. The third-order valence-corrected chi connectivity index (χ3v) is 3.85. The molecule has 112 valence electrons. The van der Waals surface area contributed by atoms with Crippen LogP contribution in [0.3, 0.4) is 0 Å². The van der Waals surface area contributed by atoms with Crippen LogP contribution < -0.4 is 5.32 Å². The standard InChI is InChI=1S/C18H21ClFN/c1-13(10-15-6-5-8-17(20)12-15)21-14(2)11-16-7-3-4-9-18(16)19/h3-9,12-14,21H,10-11H2,1-2H3. The van der Waals surface area contributed by atoms with E-state index in [1.165, 1.54) is 6.07 Å². The van der Waals surface area contributed by atoms with E-state index in [0.717, 1.165) is 29.0 Å². The Kier molecular flexibility index (Phi) is 5.77. The molecule has 2 rings (SSSR count). The van der Waals surface area contributed by atoms with Crippen molar-refractivity contribution in [3.63, 3.8) is 0 Å². The van der Waals surface area contributed by atoms with E-state index in [0.29, 0.717) is 6.04 Å². The van der Waals surface area contributed by atoms with Gasteiger partial charge in [0.2, 0.25) is 0 Å². The average molecular weight is 306 g/mol. The average Bonchev–Trinajstić information content (AvgIpc) is 2.41. The van der Waals surface area contributed by atoms with Crippen molar-refractivity contribution < 1.29 is 4.39 Å². The number of benzene rings is 2. The zero-order valence-corrected chi connectivity index (χ0v) is 13.2. The van der Waals surface area contributed by atoms with E-state index >= 15 is 0 Å². The lowest BCUT2D eigenvalue weighted by Crippen LogP contribution is -2.37. The number of hydrogen-bond donors (Lipinski definition) is 1. The fourth-order valence-electron chi connectivity index (χ4n) is 2.61. The molecule has 0 heterocycles. The molecule has 2 aromatic carbocycles. The quantitative estimate of drug-likeness (QED) is 0.820. The van der Waals surface area contributed by atoms with Crippen LogP contribution in [0, 0.1) is 5.82 Å². The summed E-state index contributed by atoms with van der Waals surface area (Å²) in [6.45, 7) is 4.26. The Labute approximate surface area is 131 Å². The van der Waals surface area contributed by atoms with Crippen LogP contribution >= 0.6 is 11.6 Å². The maximum absolute atomic E-state index is 13.2. The van der Waals surface area contributed by atoms with E-state index in [1.807, 2.05) is 24.3 Å². The normalized spacial score (nSPS) is 13.9. The molecule has 2 unspecified atom stereocenters. The van der Waals surface area contributed by atoms with E-state index in [9.17, 15) is 4.39 Å². The smallest absolute Gasteiger partial charge is 0.123 e. The minimum atomic E-state index is -0.177. The zero-order chi connectivity index (χ0) is 15.2. The first-order chi connectivity index (χ1) is 10.0. The lowest BCUT2D eigenvalue weighted by Gasteiger charge is -2.20. The molecule has 0 aromatic heterocycles. The molecule has 0 aliphatic heterocycles. The molecule has 0 bridgehead atoms. The predicted octanol–water partition coefficient (Wildman–Crippen LogP) is 4.63. The van der Waals surface area contributed by atoms with Crippen LogP contribution in [0.25, 0.3) is 0 Å². The molecule has 0 aliphatic rings. The van der Waals surface area contributed by atoms with Gasteiger partial charge in [-0.2, -0.15) is 0 Å². The Morgan fingerprint density at radius 3 is 2.43 bits per heavy atom. The molecule has 1 N–H and O–H groups in total. The summed E-state index contributed by atoms with van der Waals surface area (Å²) >= 11 is 6.18. The molecule has 2 atom stereocenters. The number of rotatable bonds is 6. The van der Waals surface area contributed by atoms with Crippen molar-refractivity contribution in [2.45, 2.75) is 38.8 Å². The van der Waals surface area contributed by atoms with E-state index in [1.54, 1.807) is 12.1 Å². The molecule has 0 radical (unpaired) electrons. The van der Waals surface area contributed by atoms with Gasteiger partial charge in [-0.15, -0.1) is 0 Å². The Hall–Kier alpha value is -1.38. The maximum atomic E-state index is 13.2. The number of nitrogens with one attached hydrogen (secondary N) is 1. The van der Waals surface area contributed by atoms with Crippen LogP contribution in [-0.4, -0.2) is 12.1 Å². The summed E-state index contributed by atoms with van der Waals surface area (Å²) in [6, 6.07) is 15.3. The van der Waals surface area contributed by atoms with Crippen molar-refractivity contribution in [3.8, 4) is 0 Å². The highest BCUT2D eigenvalue weighted by molar-refractivity contribution is 6.31. The lowest BCUT2D eigenvalue weighted by atomic mass is 10.0. The van der Waals surface area contributed by atoms with E-state index in [2.05, 4.69) is 25.2 Å². The fraction of sp³-hybridized carbons (Fsp3) is 0.333. The van der Waals surface area contributed by atoms with Gasteiger partial charge in [-0.25, -0.2) is 4.39 Å². The maximum Gasteiger partial charge on any atom is 0.123 e. The first-order valence-electron chi connectivity index (χ1n) is 7.28. The molecule has 0 fully saturated rings. The molecule has 0 aliphatic carbocycles. The van der Waals surface area contributed by atoms with Crippen LogP contribution in [0.4, 0.5) is 4.39 Å². The Bertz CT molecular complexity index is 585. The molecule has 0 saturated carbocycles. The van der Waals surface area contributed by atoms with Gasteiger partial charge in [0, 0.05) is 17.1 Å². The molecule has 3 heteroatoms. The Morgan fingerprint density at radius 2 is 1.71 bits per heavy atom. The van der Waals surface area contributed by atoms with Gasteiger partial charge in [0.15, 0.2) is 0 Å². The van der Waals surface area contributed by atoms with Gasteiger partial charge in [-0.1, -0.05) is 41.9 Å². The largest absolute Gasteiger partial charge is 0.311 e. The van der Waals surface area contributed by atoms with Crippen LogP contribution in [-0.2, 0) is 12.8 Å². The zero-order valence-electron chi connectivity index (χ0n) is 12.4.